The van der Waals surface area contributed by atoms with E-state index < -0.39 is 5.97 Å². The number of esters is 1. The van der Waals surface area contributed by atoms with Gasteiger partial charge in [0.15, 0.2) is 12.3 Å². The van der Waals surface area contributed by atoms with E-state index in [9.17, 15) is 9.59 Å². The highest BCUT2D eigenvalue weighted by Crippen LogP contribution is 2.26. The number of rotatable bonds is 6. The summed E-state index contributed by atoms with van der Waals surface area (Å²) in [5.41, 5.74) is 0.998. The fraction of sp³-hybridized carbons (Fsp3) is 0.353. The highest BCUT2D eigenvalue weighted by molar-refractivity contribution is 7.13. The van der Waals surface area contributed by atoms with Crippen molar-refractivity contribution < 1.29 is 19.1 Å². The standard InChI is InChI=1S/C17H17ClN2O4S/c18-12-4-1-3-11(7-12)16-20-14(10-25-16)17(22)24-9-15(21)19-8-13-5-2-6-23-13/h1,3-4,7,10,13H,2,5-6,8-9H2,(H,19,21)/t13-/m1/s1. The summed E-state index contributed by atoms with van der Waals surface area (Å²) in [5.74, 6) is -0.981. The molecule has 1 aromatic carbocycles. The van der Waals surface area contributed by atoms with Crippen LogP contribution in [0.3, 0.4) is 0 Å². The fourth-order valence-electron chi connectivity index (χ4n) is 2.41. The molecule has 8 heteroatoms. The largest absolute Gasteiger partial charge is 0.451 e. The van der Waals surface area contributed by atoms with Crippen molar-refractivity contribution >= 4 is 34.8 Å². The van der Waals surface area contributed by atoms with Crippen LogP contribution >= 0.6 is 22.9 Å². The molecule has 1 atom stereocenters. The molecule has 0 radical (unpaired) electrons. The first-order valence-corrected chi connectivity index (χ1v) is 9.14. The number of thiazole rings is 1. The van der Waals surface area contributed by atoms with Gasteiger partial charge in [-0.3, -0.25) is 4.79 Å². The molecule has 1 N–H and O–H groups in total. The molecule has 2 heterocycles. The van der Waals surface area contributed by atoms with Gasteiger partial charge in [0, 0.05) is 29.1 Å². The number of amides is 1. The van der Waals surface area contributed by atoms with E-state index >= 15 is 0 Å². The van der Waals surface area contributed by atoms with E-state index in [2.05, 4.69) is 10.3 Å². The Labute approximate surface area is 154 Å². The number of ether oxygens (including phenoxy) is 2. The molecule has 1 amide bonds. The molecular weight excluding hydrogens is 364 g/mol. The van der Waals surface area contributed by atoms with Crippen molar-refractivity contribution in [2.24, 2.45) is 0 Å². The Hall–Kier alpha value is -1.96. The van der Waals surface area contributed by atoms with Crippen molar-refractivity contribution in [3.8, 4) is 10.6 Å². The second-order valence-electron chi connectivity index (χ2n) is 5.56. The van der Waals surface area contributed by atoms with E-state index in [0.717, 1.165) is 25.0 Å². The first kappa shape index (κ1) is 17.8. The molecule has 1 aromatic heterocycles. The summed E-state index contributed by atoms with van der Waals surface area (Å²) in [6.07, 6.45) is 2.00. The van der Waals surface area contributed by atoms with Crippen molar-refractivity contribution in [1.29, 1.82) is 0 Å². The molecule has 132 valence electrons. The molecule has 1 fully saturated rings. The highest BCUT2D eigenvalue weighted by Gasteiger charge is 2.18. The number of halogens is 1. The van der Waals surface area contributed by atoms with E-state index in [1.54, 1.807) is 17.5 Å². The van der Waals surface area contributed by atoms with Crippen molar-refractivity contribution in [2.45, 2.75) is 18.9 Å². The second kappa shape index (κ2) is 8.42. The Morgan fingerprint density at radius 3 is 3.08 bits per heavy atom. The molecule has 0 spiro atoms. The average Bonchev–Trinajstić information content (AvgIpc) is 3.29. The van der Waals surface area contributed by atoms with Crippen molar-refractivity contribution in [3.05, 3.63) is 40.4 Å². The van der Waals surface area contributed by atoms with Crippen molar-refractivity contribution in [3.63, 3.8) is 0 Å². The Morgan fingerprint density at radius 1 is 1.44 bits per heavy atom. The molecule has 1 aliphatic heterocycles. The van der Waals surface area contributed by atoms with Gasteiger partial charge < -0.3 is 14.8 Å². The molecule has 0 aliphatic carbocycles. The number of hydrogen-bond donors (Lipinski definition) is 1. The Balaban J connectivity index is 1.49. The zero-order valence-corrected chi connectivity index (χ0v) is 14.9. The Kier molecular flexibility index (Phi) is 6.01. The normalized spacial score (nSPS) is 16.6. The topological polar surface area (TPSA) is 77.5 Å². The van der Waals surface area contributed by atoms with E-state index in [1.807, 2.05) is 12.1 Å². The third-order valence-corrected chi connectivity index (χ3v) is 4.80. The van der Waals surface area contributed by atoms with Crippen LogP contribution in [0.4, 0.5) is 0 Å². The van der Waals surface area contributed by atoms with Crippen molar-refractivity contribution in [2.75, 3.05) is 19.8 Å². The van der Waals surface area contributed by atoms with Crippen LogP contribution in [0.15, 0.2) is 29.6 Å². The van der Waals surface area contributed by atoms with Gasteiger partial charge in [0.2, 0.25) is 0 Å². The molecule has 2 aromatic rings. The smallest absolute Gasteiger partial charge is 0.358 e. The molecule has 0 unspecified atom stereocenters. The average molecular weight is 381 g/mol. The first-order chi connectivity index (χ1) is 12.1. The molecule has 0 saturated carbocycles. The number of carbonyl (C=O) groups is 2. The Bertz CT molecular complexity index is 759. The third-order valence-electron chi connectivity index (χ3n) is 3.67. The zero-order valence-electron chi connectivity index (χ0n) is 13.4. The molecule has 1 saturated heterocycles. The van der Waals surface area contributed by atoms with Crippen molar-refractivity contribution in [1.82, 2.24) is 10.3 Å². The van der Waals surface area contributed by atoms with Crippen LogP contribution in [-0.2, 0) is 14.3 Å². The van der Waals surface area contributed by atoms with Gasteiger partial charge in [0.05, 0.1) is 6.10 Å². The fourth-order valence-corrected chi connectivity index (χ4v) is 3.39. The summed E-state index contributed by atoms with van der Waals surface area (Å²) in [5, 5.41) is 5.56. The zero-order chi connectivity index (χ0) is 17.6. The summed E-state index contributed by atoms with van der Waals surface area (Å²) >= 11 is 7.27. The van der Waals surface area contributed by atoms with Gasteiger partial charge in [-0.05, 0) is 25.0 Å². The van der Waals surface area contributed by atoms with Gasteiger partial charge in [-0.1, -0.05) is 23.7 Å². The van der Waals surface area contributed by atoms with Gasteiger partial charge >= 0.3 is 5.97 Å². The maximum Gasteiger partial charge on any atom is 0.358 e. The lowest BCUT2D eigenvalue weighted by molar-refractivity contribution is -0.124. The SMILES string of the molecule is O=C(COC(=O)c1csc(-c2cccc(Cl)c2)n1)NC[C@H]1CCCO1. The van der Waals surface area contributed by atoms with Crippen LogP contribution in [0.5, 0.6) is 0 Å². The summed E-state index contributed by atoms with van der Waals surface area (Å²) in [6, 6.07) is 7.21. The molecule has 0 bridgehead atoms. The van der Waals surface area contributed by atoms with Crippen LogP contribution in [0.2, 0.25) is 5.02 Å². The van der Waals surface area contributed by atoms with E-state index in [-0.39, 0.29) is 24.3 Å². The Morgan fingerprint density at radius 2 is 2.32 bits per heavy atom. The lowest BCUT2D eigenvalue weighted by Gasteiger charge is -2.10. The third kappa shape index (κ3) is 5.01. The number of carbonyl (C=O) groups excluding carboxylic acids is 2. The highest BCUT2D eigenvalue weighted by atomic mass is 35.5. The molecular formula is C17H17ClN2O4S. The minimum atomic E-state index is -0.628. The molecule has 25 heavy (non-hydrogen) atoms. The number of hydrogen-bond acceptors (Lipinski definition) is 6. The predicted octanol–water partition coefficient (Wildman–Crippen LogP) is 2.92. The van der Waals surface area contributed by atoms with E-state index in [4.69, 9.17) is 21.1 Å². The maximum atomic E-state index is 12.0. The molecule has 6 nitrogen and oxygen atoms in total. The summed E-state index contributed by atoms with van der Waals surface area (Å²) < 4.78 is 10.4. The number of benzene rings is 1. The number of nitrogens with zero attached hydrogens (tertiary/aromatic N) is 1. The van der Waals surface area contributed by atoms with Gasteiger partial charge in [0.25, 0.3) is 5.91 Å². The van der Waals surface area contributed by atoms with Gasteiger partial charge in [0.1, 0.15) is 5.01 Å². The minimum Gasteiger partial charge on any atom is -0.451 e. The van der Waals surface area contributed by atoms with Crippen LogP contribution in [0, 0.1) is 0 Å². The number of nitrogens with one attached hydrogen (secondary N) is 1. The van der Waals surface area contributed by atoms with E-state index in [1.165, 1.54) is 11.3 Å². The molecule has 3 rings (SSSR count). The summed E-state index contributed by atoms with van der Waals surface area (Å²) in [7, 11) is 0. The lowest BCUT2D eigenvalue weighted by atomic mass is 10.2. The lowest BCUT2D eigenvalue weighted by Crippen LogP contribution is -2.34. The quantitative estimate of drug-likeness (QED) is 0.779. The number of aromatic nitrogens is 1. The first-order valence-electron chi connectivity index (χ1n) is 7.89. The van der Waals surface area contributed by atoms with E-state index in [0.29, 0.717) is 16.6 Å². The summed E-state index contributed by atoms with van der Waals surface area (Å²) in [6.45, 7) is 0.829. The maximum absolute atomic E-state index is 12.0. The van der Waals surface area contributed by atoms with Crippen LogP contribution < -0.4 is 5.32 Å². The summed E-state index contributed by atoms with van der Waals surface area (Å²) in [4.78, 5) is 28.0. The van der Waals surface area contributed by atoms with Crippen LogP contribution in [0.25, 0.3) is 10.6 Å². The second-order valence-corrected chi connectivity index (χ2v) is 6.86. The minimum absolute atomic E-state index is 0.0541. The van der Waals surface area contributed by atoms with Gasteiger partial charge in [-0.2, -0.15) is 0 Å². The van der Waals surface area contributed by atoms with Gasteiger partial charge in [-0.25, -0.2) is 9.78 Å². The van der Waals surface area contributed by atoms with Crippen LogP contribution in [0.1, 0.15) is 23.3 Å². The van der Waals surface area contributed by atoms with Crippen LogP contribution in [-0.4, -0.2) is 42.7 Å². The van der Waals surface area contributed by atoms with Gasteiger partial charge in [-0.15, -0.1) is 11.3 Å². The predicted molar refractivity (Wildman–Crippen MR) is 94.8 cm³/mol. The monoisotopic (exact) mass is 380 g/mol. The molecule has 1 aliphatic rings.